The molecule has 0 bridgehead atoms. The zero-order valence-electron chi connectivity index (χ0n) is 12.2. The molecule has 0 fully saturated rings. The van der Waals surface area contributed by atoms with Gasteiger partial charge in [-0.1, -0.05) is 83.9 Å². The monoisotopic (exact) mass is 366 g/mol. The minimum atomic E-state index is -4.56. The van der Waals surface area contributed by atoms with Crippen LogP contribution in [-0.2, 0) is 6.18 Å². The zero-order chi connectivity index (χ0) is 17.3. The minimum absolute atomic E-state index is 0.00720. The Labute approximate surface area is 147 Å². The molecule has 122 valence electrons. The van der Waals surface area contributed by atoms with Crippen molar-refractivity contribution in [1.82, 2.24) is 0 Å². The van der Waals surface area contributed by atoms with Crippen LogP contribution in [0.5, 0.6) is 0 Å². The van der Waals surface area contributed by atoms with E-state index in [9.17, 15) is 13.2 Å². The molecule has 3 rings (SSSR count). The second-order valence-electron chi connectivity index (χ2n) is 5.20. The van der Waals surface area contributed by atoms with Crippen molar-refractivity contribution in [3.05, 3.63) is 82.3 Å². The molecule has 0 spiro atoms. The first-order chi connectivity index (χ1) is 11.4. The van der Waals surface area contributed by atoms with Gasteiger partial charge in [0.15, 0.2) is 0 Å². The molecule has 3 aromatic rings. The van der Waals surface area contributed by atoms with Gasteiger partial charge < -0.3 is 0 Å². The third-order valence-corrected chi connectivity index (χ3v) is 4.32. The SMILES string of the molecule is FC(F)(F)c1cc(Cl)c(-c2ccccc2)c(Cl)c1-c1ccccc1. The molecule has 5 heteroatoms. The van der Waals surface area contributed by atoms with Crippen LogP contribution in [0.25, 0.3) is 22.3 Å². The van der Waals surface area contributed by atoms with Gasteiger partial charge in [-0.05, 0) is 17.2 Å². The van der Waals surface area contributed by atoms with E-state index in [-0.39, 0.29) is 15.6 Å². The Bertz CT molecular complexity index is 857. The van der Waals surface area contributed by atoms with Crippen molar-refractivity contribution in [2.75, 3.05) is 0 Å². The Hall–Kier alpha value is -1.97. The minimum Gasteiger partial charge on any atom is -0.166 e. The molecular weight excluding hydrogens is 356 g/mol. The van der Waals surface area contributed by atoms with E-state index in [0.29, 0.717) is 16.7 Å². The van der Waals surface area contributed by atoms with E-state index in [1.165, 1.54) is 0 Å². The van der Waals surface area contributed by atoms with Gasteiger partial charge in [-0.2, -0.15) is 13.2 Å². The molecule has 0 amide bonds. The summed E-state index contributed by atoms with van der Waals surface area (Å²) in [4.78, 5) is 0. The van der Waals surface area contributed by atoms with Gasteiger partial charge in [0.05, 0.1) is 15.6 Å². The topological polar surface area (TPSA) is 0 Å². The summed E-state index contributed by atoms with van der Waals surface area (Å²) >= 11 is 12.6. The molecule has 0 nitrogen and oxygen atoms in total. The number of hydrogen-bond acceptors (Lipinski definition) is 0. The predicted octanol–water partition coefficient (Wildman–Crippen LogP) is 7.35. The first kappa shape index (κ1) is 16.9. The summed E-state index contributed by atoms with van der Waals surface area (Å²) in [5, 5.41) is -0.0366. The van der Waals surface area contributed by atoms with E-state index in [1.54, 1.807) is 54.6 Å². The summed E-state index contributed by atoms with van der Waals surface area (Å²) in [6.07, 6.45) is -4.56. The maximum atomic E-state index is 13.5. The van der Waals surface area contributed by atoms with Crippen molar-refractivity contribution >= 4 is 23.2 Å². The Balaban J connectivity index is 2.37. The Morgan fingerprint density at radius 3 is 1.58 bits per heavy atom. The average molecular weight is 367 g/mol. The van der Waals surface area contributed by atoms with Gasteiger partial charge in [0.2, 0.25) is 0 Å². The summed E-state index contributed by atoms with van der Waals surface area (Å²) in [6.45, 7) is 0. The fourth-order valence-corrected chi connectivity index (χ4v) is 3.38. The van der Waals surface area contributed by atoms with Gasteiger partial charge in [-0.25, -0.2) is 0 Å². The molecule has 0 unspecified atom stereocenters. The Kier molecular flexibility index (Phi) is 4.57. The van der Waals surface area contributed by atoms with Gasteiger partial charge in [0, 0.05) is 11.1 Å². The lowest BCUT2D eigenvalue weighted by molar-refractivity contribution is -0.137. The van der Waals surface area contributed by atoms with E-state index in [1.807, 2.05) is 6.07 Å². The zero-order valence-corrected chi connectivity index (χ0v) is 13.8. The van der Waals surface area contributed by atoms with Crippen LogP contribution in [0.4, 0.5) is 13.2 Å². The van der Waals surface area contributed by atoms with Crippen molar-refractivity contribution < 1.29 is 13.2 Å². The largest absolute Gasteiger partial charge is 0.417 e. The maximum Gasteiger partial charge on any atom is 0.417 e. The predicted molar refractivity (Wildman–Crippen MR) is 92.3 cm³/mol. The maximum absolute atomic E-state index is 13.5. The highest BCUT2D eigenvalue weighted by Crippen LogP contribution is 2.47. The van der Waals surface area contributed by atoms with Crippen LogP contribution in [0.1, 0.15) is 5.56 Å². The fourth-order valence-electron chi connectivity index (χ4n) is 2.60. The highest BCUT2D eigenvalue weighted by Gasteiger charge is 2.36. The van der Waals surface area contributed by atoms with Crippen molar-refractivity contribution in [3.63, 3.8) is 0 Å². The van der Waals surface area contributed by atoms with Crippen molar-refractivity contribution in [2.45, 2.75) is 6.18 Å². The fraction of sp³-hybridized carbons (Fsp3) is 0.0526. The molecule has 0 N–H and O–H groups in total. The molecule has 0 aliphatic heterocycles. The average Bonchev–Trinajstić information content (AvgIpc) is 2.55. The second kappa shape index (κ2) is 6.50. The van der Waals surface area contributed by atoms with E-state index < -0.39 is 11.7 Å². The summed E-state index contributed by atoms with van der Waals surface area (Å²) in [5.41, 5.74) is 0.546. The molecule has 0 saturated carbocycles. The normalized spacial score (nSPS) is 11.5. The number of halogens is 5. The lowest BCUT2D eigenvalue weighted by Gasteiger charge is -2.19. The van der Waals surface area contributed by atoms with Gasteiger partial charge >= 0.3 is 6.18 Å². The first-order valence-corrected chi connectivity index (χ1v) is 7.85. The van der Waals surface area contributed by atoms with Gasteiger partial charge in [-0.15, -0.1) is 0 Å². The van der Waals surface area contributed by atoms with Gasteiger partial charge in [0.1, 0.15) is 0 Å². The molecule has 3 aromatic carbocycles. The number of rotatable bonds is 2. The summed E-state index contributed by atoms with van der Waals surface area (Å²) in [5.74, 6) is 0. The molecule has 0 saturated heterocycles. The van der Waals surface area contributed by atoms with Crippen LogP contribution < -0.4 is 0 Å². The molecule has 0 aliphatic carbocycles. The lowest BCUT2D eigenvalue weighted by atomic mass is 9.94. The second-order valence-corrected chi connectivity index (χ2v) is 5.98. The standard InChI is InChI=1S/C19H11Cl2F3/c20-15-11-14(19(22,23)24)16(12-7-3-1-4-8-12)18(21)17(15)13-9-5-2-6-10-13/h1-11H. The van der Waals surface area contributed by atoms with E-state index in [2.05, 4.69) is 0 Å². The summed E-state index contributed by atoms with van der Waals surface area (Å²) in [7, 11) is 0. The van der Waals surface area contributed by atoms with Crippen molar-refractivity contribution in [2.24, 2.45) is 0 Å². The molecule has 24 heavy (non-hydrogen) atoms. The summed E-state index contributed by atoms with van der Waals surface area (Å²) in [6, 6.07) is 18.1. The molecule has 0 radical (unpaired) electrons. The highest BCUT2D eigenvalue weighted by atomic mass is 35.5. The third kappa shape index (κ3) is 3.14. The van der Waals surface area contributed by atoms with Crippen LogP contribution in [0, 0.1) is 0 Å². The van der Waals surface area contributed by atoms with E-state index in [0.717, 1.165) is 6.07 Å². The van der Waals surface area contributed by atoms with E-state index >= 15 is 0 Å². The smallest absolute Gasteiger partial charge is 0.166 e. The van der Waals surface area contributed by atoms with Gasteiger partial charge in [0.25, 0.3) is 0 Å². The highest BCUT2D eigenvalue weighted by molar-refractivity contribution is 6.41. The third-order valence-electron chi connectivity index (χ3n) is 3.65. The van der Waals surface area contributed by atoms with E-state index in [4.69, 9.17) is 23.2 Å². The van der Waals surface area contributed by atoms with Crippen LogP contribution in [0.3, 0.4) is 0 Å². The molecule has 0 aromatic heterocycles. The van der Waals surface area contributed by atoms with Crippen molar-refractivity contribution in [1.29, 1.82) is 0 Å². The molecule has 0 atom stereocenters. The number of alkyl halides is 3. The van der Waals surface area contributed by atoms with Crippen LogP contribution in [0.2, 0.25) is 10.0 Å². The van der Waals surface area contributed by atoms with Gasteiger partial charge in [-0.3, -0.25) is 0 Å². The lowest BCUT2D eigenvalue weighted by Crippen LogP contribution is -2.08. The van der Waals surface area contributed by atoms with Crippen LogP contribution in [0.15, 0.2) is 66.7 Å². The number of benzene rings is 3. The summed E-state index contributed by atoms with van der Waals surface area (Å²) < 4.78 is 40.5. The molecule has 0 heterocycles. The molecule has 0 aliphatic rings. The molecular formula is C19H11Cl2F3. The first-order valence-electron chi connectivity index (χ1n) is 7.09. The van der Waals surface area contributed by atoms with Crippen molar-refractivity contribution in [3.8, 4) is 22.3 Å². The van der Waals surface area contributed by atoms with Crippen LogP contribution >= 0.6 is 23.2 Å². The number of hydrogen-bond donors (Lipinski definition) is 0. The quantitative estimate of drug-likeness (QED) is 0.444. The Morgan fingerprint density at radius 1 is 0.667 bits per heavy atom. The van der Waals surface area contributed by atoms with Crippen LogP contribution in [-0.4, -0.2) is 0 Å². The Morgan fingerprint density at radius 2 is 1.12 bits per heavy atom.